The highest BCUT2D eigenvalue weighted by Crippen LogP contribution is 2.31. The number of phenols is 1. The lowest BCUT2D eigenvalue weighted by Gasteiger charge is -2.11. The van der Waals surface area contributed by atoms with Gasteiger partial charge in [-0.25, -0.2) is 4.98 Å². The van der Waals surface area contributed by atoms with Gasteiger partial charge in [-0.1, -0.05) is 0 Å². The maximum absolute atomic E-state index is 11.6. The highest BCUT2D eigenvalue weighted by atomic mass is 16.5. The van der Waals surface area contributed by atoms with Gasteiger partial charge in [-0.2, -0.15) is 0 Å². The molecule has 0 fully saturated rings. The molecule has 0 unspecified atom stereocenters. The van der Waals surface area contributed by atoms with Crippen molar-refractivity contribution in [3.8, 4) is 17.4 Å². The van der Waals surface area contributed by atoms with Gasteiger partial charge in [0.1, 0.15) is 17.1 Å². The van der Waals surface area contributed by atoms with Gasteiger partial charge in [0.25, 0.3) is 5.91 Å². The molecule has 1 aromatic heterocycles. The van der Waals surface area contributed by atoms with E-state index in [1.807, 2.05) is 6.92 Å². The minimum absolute atomic E-state index is 0.104. The minimum Gasteiger partial charge on any atom is -0.508 e. The number of carbonyl (C=O) groups excluding carboxylic acids is 1. The second-order valence-electron chi connectivity index (χ2n) is 5.27. The summed E-state index contributed by atoms with van der Waals surface area (Å²) in [4.78, 5) is 16.0. The fourth-order valence-corrected chi connectivity index (χ4v) is 2.61. The number of nitrogens with two attached hydrogens (primary N) is 1. The average molecular weight is 284 g/mol. The van der Waals surface area contributed by atoms with Crippen molar-refractivity contribution in [3.05, 3.63) is 46.6 Å². The van der Waals surface area contributed by atoms with E-state index < -0.39 is 5.91 Å². The first kappa shape index (κ1) is 13.4. The number of carbonyl (C=O) groups is 1. The molecule has 1 aliphatic rings. The third-order valence-electron chi connectivity index (χ3n) is 3.53. The molecule has 0 saturated carbocycles. The van der Waals surface area contributed by atoms with Gasteiger partial charge in [0.05, 0.1) is 0 Å². The molecule has 0 spiro atoms. The normalized spacial score (nSPS) is 13.0. The molecule has 3 N–H and O–H groups in total. The van der Waals surface area contributed by atoms with Crippen molar-refractivity contribution >= 4 is 5.91 Å². The lowest BCUT2D eigenvalue weighted by molar-refractivity contribution is 0.0997. The van der Waals surface area contributed by atoms with Gasteiger partial charge in [-0.15, -0.1) is 0 Å². The third-order valence-corrected chi connectivity index (χ3v) is 3.53. The number of pyridine rings is 1. The standard InChI is InChI=1S/C16H16N2O3/c1-9-5-11(19)8-12(6-9)21-16-13(15(17)20)7-10-3-2-4-14(10)18-16/h5-8,19H,2-4H2,1H3,(H2,17,20). The number of phenolic OH excluding ortho intramolecular Hbond substituents is 1. The van der Waals surface area contributed by atoms with E-state index in [1.165, 1.54) is 6.07 Å². The summed E-state index contributed by atoms with van der Waals surface area (Å²) in [6.07, 6.45) is 2.81. The van der Waals surface area contributed by atoms with Crippen molar-refractivity contribution in [2.75, 3.05) is 0 Å². The lowest BCUT2D eigenvalue weighted by atomic mass is 10.1. The number of fused-ring (bicyclic) bond motifs is 1. The van der Waals surface area contributed by atoms with Crippen LogP contribution in [0, 0.1) is 6.92 Å². The number of ether oxygens (including phenoxy) is 1. The fraction of sp³-hybridized carbons (Fsp3) is 0.250. The Morgan fingerprint density at radius 3 is 2.81 bits per heavy atom. The van der Waals surface area contributed by atoms with Crippen LogP contribution in [-0.2, 0) is 12.8 Å². The summed E-state index contributed by atoms with van der Waals surface area (Å²) < 4.78 is 5.69. The molecule has 5 heteroatoms. The number of aromatic nitrogens is 1. The molecule has 5 nitrogen and oxygen atoms in total. The summed E-state index contributed by atoms with van der Waals surface area (Å²) in [7, 11) is 0. The Kier molecular flexibility index (Phi) is 3.25. The number of primary amides is 1. The van der Waals surface area contributed by atoms with Gasteiger partial charge >= 0.3 is 0 Å². The molecule has 108 valence electrons. The number of hydrogen-bond donors (Lipinski definition) is 2. The van der Waals surface area contributed by atoms with E-state index in [9.17, 15) is 9.90 Å². The number of aromatic hydroxyl groups is 1. The van der Waals surface area contributed by atoms with Crippen LogP contribution in [0.25, 0.3) is 0 Å². The Morgan fingerprint density at radius 2 is 2.10 bits per heavy atom. The molecule has 2 aromatic rings. The van der Waals surface area contributed by atoms with Crippen molar-refractivity contribution < 1.29 is 14.6 Å². The summed E-state index contributed by atoms with van der Waals surface area (Å²) in [5, 5.41) is 9.61. The SMILES string of the molecule is Cc1cc(O)cc(Oc2nc3c(cc2C(N)=O)CCC3)c1. The van der Waals surface area contributed by atoms with Crippen molar-refractivity contribution in [2.45, 2.75) is 26.2 Å². The van der Waals surface area contributed by atoms with Crippen LogP contribution in [0.15, 0.2) is 24.3 Å². The van der Waals surface area contributed by atoms with Gasteiger partial charge in [-0.05, 0) is 55.5 Å². The van der Waals surface area contributed by atoms with Crippen LogP contribution < -0.4 is 10.5 Å². The number of nitrogens with zero attached hydrogens (tertiary/aromatic N) is 1. The predicted molar refractivity (Wildman–Crippen MR) is 77.7 cm³/mol. The van der Waals surface area contributed by atoms with E-state index in [1.54, 1.807) is 18.2 Å². The zero-order valence-corrected chi connectivity index (χ0v) is 11.7. The van der Waals surface area contributed by atoms with Crippen LogP contribution in [-0.4, -0.2) is 16.0 Å². The number of hydrogen-bond acceptors (Lipinski definition) is 4. The van der Waals surface area contributed by atoms with Crippen molar-refractivity contribution in [3.63, 3.8) is 0 Å². The Labute approximate surface area is 122 Å². The molecule has 1 aromatic carbocycles. The minimum atomic E-state index is -0.566. The molecule has 1 amide bonds. The largest absolute Gasteiger partial charge is 0.508 e. The summed E-state index contributed by atoms with van der Waals surface area (Å²) in [5.74, 6) is 0.171. The van der Waals surface area contributed by atoms with Gasteiger partial charge in [-0.3, -0.25) is 4.79 Å². The van der Waals surface area contributed by atoms with Crippen LogP contribution in [0.1, 0.15) is 33.6 Å². The monoisotopic (exact) mass is 284 g/mol. The molecule has 0 radical (unpaired) electrons. The van der Waals surface area contributed by atoms with Gasteiger partial charge < -0.3 is 15.6 Å². The molecular formula is C16H16N2O3. The van der Waals surface area contributed by atoms with Gasteiger partial charge in [0.15, 0.2) is 0 Å². The Morgan fingerprint density at radius 1 is 1.29 bits per heavy atom. The highest BCUT2D eigenvalue weighted by molar-refractivity contribution is 5.95. The van der Waals surface area contributed by atoms with E-state index in [0.717, 1.165) is 36.1 Å². The fourth-order valence-electron chi connectivity index (χ4n) is 2.61. The summed E-state index contributed by atoms with van der Waals surface area (Å²) in [6, 6.07) is 6.63. The number of aryl methyl sites for hydroxylation is 3. The first-order valence-electron chi connectivity index (χ1n) is 6.84. The van der Waals surface area contributed by atoms with E-state index in [0.29, 0.717) is 5.75 Å². The summed E-state index contributed by atoms with van der Waals surface area (Å²) in [5.41, 5.74) is 8.55. The maximum Gasteiger partial charge on any atom is 0.254 e. The molecule has 0 aliphatic heterocycles. The first-order chi connectivity index (χ1) is 10.0. The topological polar surface area (TPSA) is 85.4 Å². The Bertz CT molecular complexity index is 705. The van der Waals surface area contributed by atoms with E-state index in [4.69, 9.17) is 10.5 Å². The molecule has 21 heavy (non-hydrogen) atoms. The number of benzene rings is 1. The molecule has 0 saturated heterocycles. The van der Waals surface area contributed by atoms with E-state index in [-0.39, 0.29) is 17.2 Å². The molecule has 0 atom stereocenters. The van der Waals surface area contributed by atoms with Crippen LogP contribution >= 0.6 is 0 Å². The lowest BCUT2D eigenvalue weighted by Crippen LogP contribution is -2.14. The molecule has 0 bridgehead atoms. The summed E-state index contributed by atoms with van der Waals surface area (Å²) in [6.45, 7) is 1.84. The first-order valence-corrected chi connectivity index (χ1v) is 6.84. The quantitative estimate of drug-likeness (QED) is 0.906. The molecule has 3 rings (SSSR count). The smallest absolute Gasteiger partial charge is 0.254 e. The average Bonchev–Trinajstić information content (AvgIpc) is 2.83. The Hall–Kier alpha value is -2.56. The van der Waals surface area contributed by atoms with Crippen LogP contribution in [0.3, 0.4) is 0 Å². The zero-order valence-electron chi connectivity index (χ0n) is 11.7. The van der Waals surface area contributed by atoms with Gasteiger partial charge in [0, 0.05) is 11.8 Å². The van der Waals surface area contributed by atoms with Crippen LogP contribution in [0.5, 0.6) is 17.4 Å². The Balaban J connectivity index is 2.03. The zero-order chi connectivity index (χ0) is 15.0. The van der Waals surface area contributed by atoms with Crippen molar-refractivity contribution in [2.24, 2.45) is 5.73 Å². The summed E-state index contributed by atoms with van der Waals surface area (Å²) >= 11 is 0. The van der Waals surface area contributed by atoms with Crippen molar-refractivity contribution in [1.29, 1.82) is 0 Å². The maximum atomic E-state index is 11.6. The second kappa shape index (κ2) is 5.09. The van der Waals surface area contributed by atoms with Crippen LogP contribution in [0.4, 0.5) is 0 Å². The van der Waals surface area contributed by atoms with E-state index in [2.05, 4.69) is 4.98 Å². The molecule has 1 aliphatic carbocycles. The van der Waals surface area contributed by atoms with E-state index >= 15 is 0 Å². The molecule has 1 heterocycles. The predicted octanol–water partition coefficient (Wildman–Crippen LogP) is 2.48. The van der Waals surface area contributed by atoms with Crippen molar-refractivity contribution in [1.82, 2.24) is 4.98 Å². The second-order valence-corrected chi connectivity index (χ2v) is 5.27. The third kappa shape index (κ3) is 2.67. The van der Waals surface area contributed by atoms with Crippen LogP contribution in [0.2, 0.25) is 0 Å². The number of rotatable bonds is 3. The number of amides is 1. The van der Waals surface area contributed by atoms with Gasteiger partial charge in [0.2, 0.25) is 5.88 Å². The highest BCUT2D eigenvalue weighted by Gasteiger charge is 2.20. The molecular weight excluding hydrogens is 268 g/mol.